The summed E-state index contributed by atoms with van der Waals surface area (Å²) in [7, 11) is 0. The van der Waals surface area contributed by atoms with Gasteiger partial charge in [0.05, 0.1) is 0 Å². The molecule has 0 rings (SSSR count). The monoisotopic (exact) mass is 115 g/mol. The topological polar surface area (TPSA) is 0 Å². The molecule has 0 N–H and O–H groups in total. The Morgan fingerprint density at radius 3 is 0.600 bits per heavy atom. The van der Waals surface area contributed by atoms with Crippen molar-refractivity contribution in [3.63, 3.8) is 0 Å². The van der Waals surface area contributed by atoms with Gasteiger partial charge in [0.2, 0.25) is 0 Å². The van der Waals surface area contributed by atoms with Crippen molar-refractivity contribution in [2.45, 2.75) is 0 Å². The van der Waals surface area contributed by atoms with E-state index in [1.165, 1.54) is 0 Å². The first-order valence-electron chi connectivity index (χ1n) is 0. The summed E-state index contributed by atoms with van der Waals surface area (Å²) >= 11 is 0. The fourth-order valence-electron chi connectivity index (χ4n) is 0. The SMILES string of the molecule is F.F.F.[CH3].[KH]. The number of halogens is 3. The van der Waals surface area contributed by atoms with Gasteiger partial charge in [-0.2, -0.15) is 0 Å². The summed E-state index contributed by atoms with van der Waals surface area (Å²) in [6.45, 7) is 0. The van der Waals surface area contributed by atoms with E-state index in [1.807, 2.05) is 0 Å². The summed E-state index contributed by atoms with van der Waals surface area (Å²) in [5.74, 6) is 0. The maximum absolute atomic E-state index is 0. The van der Waals surface area contributed by atoms with Gasteiger partial charge in [-0.1, -0.05) is 7.43 Å². The molecule has 0 unspecified atom stereocenters. The summed E-state index contributed by atoms with van der Waals surface area (Å²) in [6, 6.07) is 0. The van der Waals surface area contributed by atoms with E-state index in [1.54, 1.807) is 0 Å². The second-order valence-corrected chi connectivity index (χ2v) is 0. The van der Waals surface area contributed by atoms with Crippen LogP contribution in [0.2, 0.25) is 0 Å². The third-order valence-electron chi connectivity index (χ3n) is 0. The quantitative estimate of drug-likeness (QED) is 0.397. The molecule has 0 aromatic rings. The average molecular weight is 115 g/mol. The van der Waals surface area contributed by atoms with Crippen molar-refractivity contribution in [2.24, 2.45) is 0 Å². The molecule has 0 bridgehead atoms. The standard InChI is InChI=1S/CH3.3FH.K.H/h1H3;3*1H;;. The molecule has 0 aliphatic heterocycles. The van der Waals surface area contributed by atoms with Crippen LogP contribution in [0.4, 0.5) is 14.1 Å². The van der Waals surface area contributed by atoms with Gasteiger partial charge in [0.25, 0.3) is 0 Å². The van der Waals surface area contributed by atoms with E-state index in [9.17, 15) is 0 Å². The van der Waals surface area contributed by atoms with Gasteiger partial charge in [0.15, 0.2) is 0 Å². The zero-order chi connectivity index (χ0) is 0. The number of hydrogen-bond donors (Lipinski definition) is 0. The Morgan fingerprint density at radius 1 is 0.600 bits per heavy atom. The van der Waals surface area contributed by atoms with Crippen molar-refractivity contribution < 1.29 is 14.1 Å². The van der Waals surface area contributed by atoms with Crippen LogP contribution >= 0.6 is 0 Å². The summed E-state index contributed by atoms with van der Waals surface area (Å²) in [4.78, 5) is 0. The molecule has 0 aromatic carbocycles. The van der Waals surface area contributed by atoms with Crippen LogP contribution in [0.1, 0.15) is 0 Å². The third kappa shape index (κ3) is 31.3. The van der Waals surface area contributed by atoms with Crippen molar-refractivity contribution in [1.82, 2.24) is 0 Å². The van der Waals surface area contributed by atoms with Crippen LogP contribution in [0, 0.1) is 7.43 Å². The average Bonchev–Trinajstić information content (AvgIpc) is 0. The Kier molecular flexibility index (Phi) is 972. The molecule has 0 aliphatic rings. The predicted octanol–water partition coefficient (Wildman–Crippen LogP) is 0.259. The Hall–Kier alpha value is 1.43. The fourth-order valence-corrected chi connectivity index (χ4v) is 0. The van der Waals surface area contributed by atoms with Gasteiger partial charge in [-0.05, 0) is 0 Å². The molecule has 0 amide bonds. The Labute approximate surface area is 71.8 Å². The van der Waals surface area contributed by atoms with Crippen LogP contribution in [0.15, 0.2) is 0 Å². The summed E-state index contributed by atoms with van der Waals surface area (Å²) in [5, 5.41) is 0. The van der Waals surface area contributed by atoms with Gasteiger partial charge in [-0.25, -0.2) is 0 Å². The van der Waals surface area contributed by atoms with Crippen molar-refractivity contribution in [2.75, 3.05) is 0 Å². The molecule has 5 heavy (non-hydrogen) atoms. The predicted molar refractivity (Wildman–Crippen MR) is 21.1 cm³/mol. The molecule has 0 saturated heterocycles. The first-order chi connectivity index (χ1) is 0. The molecule has 33 valence electrons. The van der Waals surface area contributed by atoms with Gasteiger partial charge in [-0.3, -0.25) is 14.1 Å². The zero-order valence-electron chi connectivity index (χ0n) is 2.22. The first-order valence-corrected chi connectivity index (χ1v) is 0. The van der Waals surface area contributed by atoms with Crippen LogP contribution in [-0.2, 0) is 0 Å². The van der Waals surface area contributed by atoms with Crippen LogP contribution in [0.5, 0.6) is 0 Å². The van der Waals surface area contributed by atoms with Crippen LogP contribution in [-0.4, -0.2) is 51.4 Å². The molecular formula is CH7F3K. The fraction of sp³-hybridized carbons (Fsp3) is 0. The van der Waals surface area contributed by atoms with Crippen LogP contribution < -0.4 is 0 Å². The third-order valence-corrected chi connectivity index (χ3v) is 0. The van der Waals surface area contributed by atoms with Crippen LogP contribution in [0.3, 0.4) is 0 Å². The van der Waals surface area contributed by atoms with Gasteiger partial charge < -0.3 is 0 Å². The Balaban J connectivity index is 0. The van der Waals surface area contributed by atoms with Gasteiger partial charge in [0.1, 0.15) is 0 Å². The molecule has 0 aliphatic carbocycles. The van der Waals surface area contributed by atoms with Crippen LogP contribution in [0.25, 0.3) is 0 Å². The molecule has 0 nitrogen and oxygen atoms in total. The minimum atomic E-state index is 0. The summed E-state index contributed by atoms with van der Waals surface area (Å²) in [6.07, 6.45) is 0. The second-order valence-electron chi connectivity index (χ2n) is 0. The molecule has 0 heterocycles. The second kappa shape index (κ2) is 52.3. The minimum absolute atomic E-state index is 0. The van der Waals surface area contributed by atoms with E-state index >= 15 is 0 Å². The van der Waals surface area contributed by atoms with E-state index in [4.69, 9.17) is 0 Å². The first kappa shape index (κ1) is 93.0. The molecular weight excluding hydrogens is 108 g/mol. The Morgan fingerprint density at radius 2 is 0.600 bits per heavy atom. The van der Waals surface area contributed by atoms with Crippen molar-refractivity contribution >= 4 is 51.4 Å². The van der Waals surface area contributed by atoms with E-state index in [2.05, 4.69) is 0 Å². The molecule has 1 radical (unpaired) electrons. The maximum atomic E-state index is 0. The molecule has 0 atom stereocenters. The van der Waals surface area contributed by atoms with E-state index < -0.39 is 0 Å². The molecule has 0 fully saturated rings. The van der Waals surface area contributed by atoms with E-state index in [-0.39, 0.29) is 72.9 Å². The molecule has 0 aromatic heterocycles. The summed E-state index contributed by atoms with van der Waals surface area (Å²) < 4.78 is 0. The Bertz CT molecular complexity index is 6.85. The van der Waals surface area contributed by atoms with Crippen molar-refractivity contribution in [3.8, 4) is 0 Å². The van der Waals surface area contributed by atoms with Gasteiger partial charge >= 0.3 is 51.4 Å². The van der Waals surface area contributed by atoms with E-state index in [0.29, 0.717) is 0 Å². The van der Waals surface area contributed by atoms with Gasteiger partial charge in [0, 0.05) is 0 Å². The molecule has 0 spiro atoms. The normalized spacial score (nSPS) is 0. The van der Waals surface area contributed by atoms with Crippen molar-refractivity contribution in [1.29, 1.82) is 0 Å². The van der Waals surface area contributed by atoms with E-state index in [0.717, 1.165) is 0 Å². The number of hydrogen-bond acceptors (Lipinski definition) is 0. The van der Waals surface area contributed by atoms with Crippen molar-refractivity contribution in [3.05, 3.63) is 7.43 Å². The van der Waals surface area contributed by atoms with Gasteiger partial charge in [-0.15, -0.1) is 0 Å². The molecule has 4 heteroatoms. The summed E-state index contributed by atoms with van der Waals surface area (Å²) in [5.41, 5.74) is 0. The molecule has 0 saturated carbocycles. The zero-order valence-corrected chi connectivity index (χ0v) is 2.22. The number of rotatable bonds is 0.